The Morgan fingerprint density at radius 2 is 1.85 bits per heavy atom. The maximum absolute atomic E-state index is 12.6. The summed E-state index contributed by atoms with van der Waals surface area (Å²) >= 11 is 5.68. The van der Waals surface area contributed by atoms with Crippen molar-refractivity contribution in [2.75, 3.05) is 5.32 Å². The van der Waals surface area contributed by atoms with Crippen LogP contribution in [0.4, 0.5) is 18.9 Å². The normalized spacial score (nSPS) is 11.4. The first-order valence-corrected chi connectivity index (χ1v) is 6.12. The number of halogens is 4. The molecule has 0 fully saturated rings. The lowest BCUT2D eigenvalue weighted by Crippen LogP contribution is -2.06. The number of anilines is 1. The summed E-state index contributed by atoms with van der Waals surface area (Å²) in [6.07, 6.45) is -4.44. The second-order valence-electron chi connectivity index (χ2n) is 4.25. The molecular weight excluding hydrogens is 291 g/mol. The third kappa shape index (κ3) is 3.81. The van der Waals surface area contributed by atoms with Crippen LogP contribution in [-0.2, 0) is 12.7 Å². The molecule has 0 saturated heterocycles. The summed E-state index contributed by atoms with van der Waals surface area (Å²) < 4.78 is 37.9. The molecule has 2 rings (SSSR count). The number of alkyl halides is 3. The molecule has 0 saturated carbocycles. The molecular formula is C14H11ClF3NO. The van der Waals surface area contributed by atoms with Gasteiger partial charge in [0.15, 0.2) is 0 Å². The molecule has 0 radical (unpaired) electrons. The second kappa shape index (κ2) is 5.63. The molecule has 0 aliphatic heterocycles. The van der Waals surface area contributed by atoms with Crippen LogP contribution >= 0.6 is 11.6 Å². The first-order valence-electron chi connectivity index (χ1n) is 5.74. The highest BCUT2D eigenvalue weighted by Gasteiger charge is 2.31. The Kier molecular flexibility index (Phi) is 4.09. The van der Waals surface area contributed by atoms with E-state index in [1.807, 2.05) is 0 Å². The number of rotatable bonds is 3. The zero-order valence-corrected chi connectivity index (χ0v) is 11.0. The predicted octanol–water partition coefficient (Wildman–Crippen LogP) is 4.68. The molecule has 0 unspecified atom stereocenters. The fourth-order valence-corrected chi connectivity index (χ4v) is 1.96. The number of aromatic hydroxyl groups is 1. The Bertz CT molecular complexity index is 614. The molecule has 0 spiro atoms. The molecule has 0 amide bonds. The van der Waals surface area contributed by atoms with E-state index in [-0.39, 0.29) is 23.0 Å². The minimum atomic E-state index is -4.44. The molecule has 2 N–H and O–H groups in total. The van der Waals surface area contributed by atoms with Crippen LogP contribution in [0, 0.1) is 0 Å². The van der Waals surface area contributed by atoms with E-state index < -0.39 is 11.7 Å². The fourth-order valence-electron chi connectivity index (χ4n) is 1.73. The highest BCUT2D eigenvalue weighted by molar-refractivity contribution is 6.30. The number of hydrogen-bond donors (Lipinski definition) is 2. The summed E-state index contributed by atoms with van der Waals surface area (Å²) in [5.41, 5.74) is 0.218. The molecule has 0 bridgehead atoms. The topological polar surface area (TPSA) is 32.3 Å². The van der Waals surface area contributed by atoms with Crippen LogP contribution in [0.15, 0.2) is 42.5 Å². The van der Waals surface area contributed by atoms with Crippen LogP contribution in [0.5, 0.6) is 5.75 Å². The Morgan fingerprint density at radius 1 is 1.10 bits per heavy atom. The minimum absolute atomic E-state index is 0.0123. The molecule has 2 nitrogen and oxygen atoms in total. The van der Waals surface area contributed by atoms with E-state index in [1.54, 1.807) is 12.1 Å². The molecule has 0 atom stereocenters. The van der Waals surface area contributed by atoms with Crippen LogP contribution < -0.4 is 5.32 Å². The zero-order chi connectivity index (χ0) is 14.8. The van der Waals surface area contributed by atoms with Gasteiger partial charge >= 0.3 is 6.18 Å². The van der Waals surface area contributed by atoms with Crippen molar-refractivity contribution in [2.24, 2.45) is 0 Å². The van der Waals surface area contributed by atoms with Crippen molar-refractivity contribution in [3.05, 3.63) is 58.6 Å². The predicted molar refractivity (Wildman–Crippen MR) is 71.9 cm³/mol. The average molecular weight is 302 g/mol. The SMILES string of the molecule is Oc1cccc(CNc2cc(Cl)cc(C(F)(F)F)c2)c1. The van der Waals surface area contributed by atoms with Crippen LogP contribution in [0.1, 0.15) is 11.1 Å². The van der Waals surface area contributed by atoms with Crippen LogP contribution in [0.2, 0.25) is 5.02 Å². The van der Waals surface area contributed by atoms with E-state index in [4.69, 9.17) is 11.6 Å². The summed E-state index contributed by atoms with van der Waals surface area (Å²) in [5.74, 6) is 0.103. The Labute approximate surface area is 118 Å². The molecule has 20 heavy (non-hydrogen) atoms. The molecule has 0 aromatic heterocycles. The van der Waals surface area contributed by atoms with Gasteiger partial charge in [-0.1, -0.05) is 23.7 Å². The smallest absolute Gasteiger partial charge is 0.416 e. The summed E-state index contributed by atoms with van der Waals surface area (Å²) in [6, 6.07) is 9.75. The lowest BCUT2D eigenvalue weighted by molar-refractivity contribution is -0.137. The van der Waals surface area contributed by atoms with Gasteiger partial charge in [0.2, 0.25) is 0 Å². The quantitative estimate of drug-likeness (QED) is 0.863. The molecule has 2 aromatic carbocycles. The highest BCUT2D eigenvalue weighted by Crippen LogP contribution is 2.33. The largest absolute Gasteiger partial charge is 0.508 e. The van der Waals surface area contributed by atoms with E-state index >= 15 is 0 Å². The first kappa shape index (κ1) is 14.5. The van der Waals surface area contributed by atoms with E-state index in [2.05, 4.69) is 5.32 Å². The Hall–Kier alpha value is -1.88. The zero-order valence-electron chi connectivity index (χ0n) is 10.2. The number of nitrogens with one attached hydrogen (secondary N) is 1. The van der Waals surface area contributed by atoms with Crippen molar-refractivity contribution in [3.8, 4) is 5.75 Å². The maximum atomic E-state index is 12.6. The third-order valence-electron chi connectivity index (χ3n) is 2.63. The van der Waals surface area contributed by atoms with Gasteiger partial charge < -0.3 is 10.4 Å². The van der Waals surface area contributed by atoms with Crippen LogP contribution in [0.25, 0.3) is 0 Å². The van der Waals surface area contributed by atoms with Crippen molar-refractivity contribution in [3.63, 3.8) is 0 Å². The van der Waals surface area contributed by atoms with Gasteiger partial charge in [-0.05, 0) is 35.9 Å². The third-order valence-corrected chi connectivity index (χ3v) is 2.85. The van der Waals surface area contributed by atoms with Gasteiger partial charge in [-0.25, -0.2) is 0 Å². The highest BCUT2D eigenvalue weighted by atomic mass is 35.5. The summed E-state index contributed by atoms with van der Waals surface area (Å²) in [4.78, 5) is 0. The molecule has 0 aliphatic carbocycles. The van der Waals surface area contributed by atoms with Gasteiger partial charge in [0, 0.05) is 17.3 Å². The molecule has 6 heteroatoms. The first-order chi connectivity index (χ1) is 9.34. The standard InChI is InChI=1S/C14H11ClF3NO/c15-11-5-10(14(16,17)18)6-12(7-11)19-8-9-2-1-3-13(20)4-9/h1-7,19-20H,8H2. The summed E-state index contributed by atoms with van der Waals surface area (Å²) in [7, 11) is 0. The number of benzene rings is 2. The number of hydrogen-bond acceptors (Lipinski definition) is 2. The number of phenols is 1. The Balaban J connectivity index is 2.16. The van der Waals surface area contributed by atoms with Crippen molar-refractivity contribution in [1.82, 2.24) is 0 Å². The summed E-state index contributed by atoms with van der Waals surface area (Å²) in [5, 5.41) is 12.2. The average Bonchev–Trinajstić information content (AvgIpc) is 2.35. The van der Waals surface area contributed by atoms with E-state index in [0.29, 0.717) is 0 Å². The van der Waals surface area contributed by atoms with E-state index in [9.17, 15) is 18.3 Å². The van der Waals surface area contributed by atoms with Crippen molar-refractivity contribution in [2.45, 2.75) is 12.7 Å². The maximum Gasteiger partial charge on any atom is 0.416 e. The van der Waals surface area contributed by atoms with E-state index in [0.717, 1.165) is 17.7 Å². The van der Waals surface area contributed by atoms with Gasteiger partial charge in [-0.2, -0.15) is 13.2 Å². The van der Waals surface area contributed by atoms with Crippen molar-refractivity contribution in [1.29, 1.82) is 0 Å². The Morgan fingerprint density at radius 3 is 2.50 bits per heavy atom. The van der Waals surface area contributed by atoms with Crippen molar-refractivity contribution >= 4 is 17.3 Å². The van der Waals surface area contributed by atoms with Gasteiger partial charge in [-0.3, -0.25) is 0 Å². The van der Waals surface area contributed by atoms with Gasteiger partial charge in [0.05, 0.1) is 5.56 Å². The molecule has 2 aromatic rings. The van der Waals surface area contributed by atoms with Crippen molar-refractivity contribution < 1.29 is 18.3 Å². The monoisotopic (exact) mass is 301 g/mol. The molecule has 0 heterocycles. The fraction of sp³-hybridized carbons (Fsp3) is 0.143. The molecule has 0 aliphatic rings. The molecule has 106 valence electrons. The second-order valence-corrected chi connectivity index (χ2v) is 4.69. The number of phenolic OH excluding ortho intramolecular Hbond substituents is 1. The van der Waals surface area contributed by atoms with E-state index in [1.165, 1.54) is 18.2 Å². The van der Waals surface area contributed by atoms with Gasteiger partial charge in [0.1, 0.15) is 5.75 Å². The lowest BCUT2D eigenvalue weighted by Gasteiger charge is -2.12. The lowest BCUT2D eigenvalue weighted by atomic mass is 10.1. The van der Waals surface area contributed by atoms with Crippen LogP contribution in [0.3, 0.4) is 0 Å². The van der Waals surface area contributed by atoms with Crippen LogP contribution in [-0.4, -0.2) is 5.11 Å². The van der Waals surface area contributed by atoms with Gasteiger partial charge in [-0.15, -0.1) is 0 Å². The van der Waals surface area contributed by atoms with Gasteiger partial charge in [0.25, 0.3) is 0 Å². The summed E-state index contributed by atoms with van der Waals surface area (Å²) in [6.45, 7) is 0.284. The minimum Gasteiger partial charge on any atom is -0.508 e.